The van der Waals surface area contributed by atoms with Gasteiger partial charge in [-0.15, -0.1) is 0 Å². The molecule has 1 aliphatic rings. The Kier molecular flexibility index (Phi) is 5.75. The molecule has 168 valence electrons. The number of carbonyl (C=O) groups excluding carboxylic acids is 1. The summed E-state index contributed by atoms with van der Waals surface area (Å²) in [5.74, 6) is 2.80. The van der Waals surface area contributed by atoms with Crippen molar-refractivity contribution in [3.8, 4) is 28.9 Å². The molecule has 1 amide bonds. The zero-order valence-electron chi connectivity index (χ0n) is 18.1. The summed E-state index contributed by atoms with van der Waals surface area (Å²) >= 11 is 0. The number of aromatic nitrogens is 4. The van der Waals surface area contributed by atoms with Crippen molar-refractivity contribution in [2.45, 2.75) is 31.8 Å². The van der Waals surface area contributed by atoms with Crippen molar-refractivity contribution >= 4 is 11.7 Å². The Bertz CT molecular complexity index is 1180. The van der Waals surface area contributed by atoms with E-state index in [-0.39, 0.29) is 18.4 Å². The van der Waals surface area contributed by atoms with Crippen LogP contribution in [0.15, 0.2) is 65.5 Å². The summed E-state index contributed by atoms with van der Waals surface area (Å²) in [5, 5.41) is 7.07. The molecule has 9 heteroatoms. The lowest BCUT2D eigenvalue weighted by Gasteiger charge is -2.27. The number of anilines is 1. The second-order valence-corrected chi connectivity index (χ2v) is 7.74. The molecule has 33 heavy (non-hydrogen) atoms. The summed E-state index contributed by atoms with van der Waals surface area (Å²) in [7, 11) is 1.60. The number of nitrogens with zero attached hydrogens (tertiary/aromatic N) is 4. The maximum Gasteiger partial charge on any atom is 0.229 e. The van der Waals surface area contributed by atoms with Gasteiger partial charge in [0.25, 0.3) is 0 Å². The molecule has 9 nitrogen and oxygen atoms in total. The Morgan fingerprint density at radius 3 is 2.79 bits per heavy atom. The van der Waals surface area contributed by atoms with E-state index in [0.717, 1.165) is 18.4 Å². The summed E-state index contributed by atoms with van der Waals surface area (Å²) in [4.78, 5) is 21.7. The second kappa shape index (κ2) is 9.15. The number of rotatable bonds is 8. The number of methoxy groups -OCH3 is 1. The number of furan rings is 1. The highest BCUT2D eigenvalue weighted by Crippen LogP contribution is 2.33. The van der Waals surface area contributed by atoms with Crippen LogP contribution in [0.2, 0.25) is 0 Å². The lowest BCUT2D eigenvalue weighted by molar-refractivity contribution is -0.115. The van der Waals surface area contributed by atoms with Gasteiger partial charge in [0.05, 0.1) is 25.9 Å². The summed E-state index contributed by atoms with van der Waals surface area (Å²) in [6.07, 6.45) is 8.67. The van der Waals surface area contributed by atoms with Crippen molar-refractivity contribution in [1.29, 1.82) is 0 Å². The predicted molar refractivity (Wildman–Crippen MR) is 120 cm³/mol. The van der Waals surface area contributed by atoms with Gasteiger partial charge in [-0.2, -0.15) is 5.10 Å². The van der Waals surface area contributed by atoms with E-state index < -0.39 is 0 Å². The molecule has 3 aromatic heterocycles. The number of hydrogen-bond donors (Lipinski definition) is 1. The zero-order chi connectivity index (χ0) is 22.6. The van der Waals surface area contributed by atoms with Crippen LogP contribution >= 0.6 is 0 Å². The van der Waals surface area contributed by atoms with Gasteiger partial charge in [-0.3, -0.25) is 4.79 Å². The monoisotopic (exact) mass is 445 g/mol. The third-order valence-electron chi connectivity index (χ3n) is 5.40. The Morgan fingerprint density at radius 1 is 1.18 bits per heavy atom. The minimum atomic E-state index is -0.222. The third kappa shape index (κ3) is 4.72. The van der Waals surface area contributed by atoms with Crippen molar-refractivity contribution < 1.29 is 18.7 Å². The molecule has 0 unspecified atom stereocenters. The van der Waals surface area contributed by atoms with Crippen LogP contribution in [-0.4, -0.2) is 38.9 Å². The Balaban J connectivity index is 1.34. The van der Waals surface area contributed by atoms with E-state index in [2.05, 4.69) is 20.4 Å². The number of nitrogens with one attached hydrogen (secondary N) is 1. The first kappa shape index (κ1) is 20.7. The molecule has 1 fully saturated rings. The fourth-order valence-electron chi connectivity index (χ4n) is 3.50. The number of amides is 1. The van der Waals surface area contributed by atoms with Crippen molar-refractivity contribution in [3.63, 3.8) is 0 Å². The molecular formula is C24H23N5O4. The molecule has 1 saturated carbocycles. The quantitative estimate of drug-likeness (QED) is 0.436. The molecular weight excluding hydrogens is 422 g/mol. The van der Waals surface area contributed by atoms with E-state index >= 15 is 0 Å². The van der Waals surface area contributed by atoms with Gasteiger partial charge in [-0.1, -0.05) is 6.07 Å². The van der Waals surface area contributed by atoms with Crippen molar-refractivity contribution in [3.05, 3.63) is 66.7 Å². The smallest absolute Gasteiger partial charge is 0.229 e. The van der Waals surface area contributed by atoms with Crippen molar-refractivity contribution in [1.82, 2.24) is 19.7 Å². The SMILES string of the molecule is COc1cc(CC(=O)Nc2cc(-n3cccn3)nc(-c3ccco3)n2)ccc1OC1CCC1. The molecule has 0 aliphatic heterocycles. The topological polar surface area (TPSA) is 104 Å². The van der Waals surface area contributed by atoms with Gasteiger partial charge in [-0.25, -0.2) is 14.6 Å². The lowest BCUT2D eigenvalue weighted by Crippen LogP contribution is -2.24. The summed E-state index contributed by atoms with van der Waals surface area (Å²) in [5.41, 5.74) is 0.804. The second-order valence-electron chi connectivity index (χ2n) is 7.74. The van der Waals surface area contributed by atoms with Crippen LogP contribution in [0.25, 0.3) is 17.4 Å². The Hall–Kier alpha value is -4.14. The molecule has 0 bridgehead atoms. The minimum absolute atomic E-state index is 0.150. The Labute approximate surface area is 190 Å². The molecule has 1 aromatic carbocycles. The van der Waals surface area contributed by atoms with E-state index in [1.54, 1.807) is 54.7 Å². The van der Waals surface area contributed by atoms with Crippen LogP contribution in [0.3, 0.4) is 0 Å². The van der Waals surface area contributed by atoms with Crippen molar-refractivity contribution in [2.75, 3.05) is 12.4 Å². The fourth-order valence-corrected chi connectivity index (χ4v) is 3.50. The van der Waals surface area contributed by atoms with Crippen LogP contribution in [0, 0.1) is 0 Å². The lowest BCUT2D eigenvalue weighted by atomic mass is 9.96. The van der Waals surface area contributed by atoms with Crippen molar-refractivity contribution in [2.24, 2.45) is 0 Å². The highest BCUT2D eigenvalue weighted by molar-refractivity contribution is 5.91. The van der Waals surface area contributed by atoms with Crippen LogP contribution in [0.5, 0.6) is 11.5 Å². The summed E-state index contributed by atoms with van der Waals surface area (Å²) < 4.78 is 18.5. The normalized spacial score (nSPS) is 13.4. The van der Waals surface area contributed by atoms with Gasteiger partial charge in [0.15, 0.2) is 28.9 Å². The number of hydrogen-bond acceptors (Lipinski definition) is 7. The van der Waals surface area contributed by atoms with Crippen LogP contribution in [-0.2, 0) is 11.2 Å². The van der Waals surface area contributed by atoms with Crippen LogP contribution in [0.1, 0.15) is 24.8 Å². The maximum atomic E-state index is 12.8. The van der Waals surface area contributed by atoms with E-state index in [0.29, 0.717) is 34.7 Å². The third-order valence-corrected chi connectivity index (χ3v) is 5.40. The maximum absolute atomic E-state index is 12.8. The van der Waals surface area contributed by atoms with Gasteiger partial charge in [0.2, 0.25) is 5.91 Å². The molecule has 0 spiro atoms. The molecule has 0 atom stereocenters. The molecule has 5 rings (SSSR count). The largest absolute Gasteiger partial charge is 0.493 e. The summed E-state index contributed by atoms with van der Waals surface area (Å²) in [6.45, 7) is 0. The van der Waals surface area contributed by atoms with Gasteiger partial charge in [0, 0.05) is 18.5 Å². The number of benzene rings is 1. The summed E-state index contributed by atoms with van der Waals surface area (Å²) in [6, 6.07) is 12.5. The van der Waals surface area contributed by atoms with E-state index in [9.17, 15) is 4.79 Å². The first-order chi connectivity index (χ1) is 16.2. The van der Waals surface area contributed by atoms with Gasteiger partial charge in [0.1, 0.15) is 5.82 Å². The average Bonchev–Trinajstić information content (AvgIpc) is 3.51. The highest BCUT2D eigenvalue weighted by Gasteiger charge is 2.21. The first-order valence-corrected chi connectivity index (χ1v) is 10.7. The van der Waals surface area contributed by atoms with Gasteiger partial charge < -0.3 is 19.2 Å². The molecule has 0 radical (unpaired) electrons. The fraction of sp³-hybridized carbons (Fsp3) is 0.250. The molecule has 1 aliphatic carbocycles. The van der Waals surface area contributed by atoms with Crippen LogP contribution < -0.4 is 14.8 Å². The molecule has 4 aromatic rings. The average molecular weight is 445 g/mol. The highest BCUT2D eigenvalue weighted by atomic mass is 16.5. The molecule has 1 N–H and O–H groups in total. The number of carbonyl (C=O) groups is 1. The van der Waals surface area contributed by atoms with Gasteiger partial charge in [-0.05, 0) is 55.2 Å². The van der Waals surface area contributed by atoms with E-state index in [1.807, 2.05) is 18.2 Å². The molecule has 3 heterocycles. The minimum Gasteiger partial charge on any atom is -0.493 e. The standard InChI is InChI=1S/C24H23N5O4/c1-31-20-13-16(8-9-18(20)33-17-5-2-6-17)14-23(30)26-21-15-22(29-11-4-10-25-29)28-24(27-21)19-7-3-12-32-19/h3-4,7-13,15,17H,2,5-6,14H2,1H3,(H,26,27,28,30). The van der Waals surface area contributed by atoms with E-state index in [1.165, 1.54) is 6.42 Å². The first-order valence-electron chi connectivity index (χ1n) is 10.7. The van der Waals surface area contributed by atoms with Crippen LogP contribution in [0.4, 0.5) is 5.82 Å². The van der Waals surface area contributed by atoms with Gasteiger partial charge >= 0.3 is 0 Å². The zero-order valence-corrected chi connectivity index (χ0v) is 18.1. The predicted octanol–water partition coefficient (Wildman–Crippen LogP) is 4.04. The number of ether oxygens (including phenoxy) is 2. The molecule has 0 saturated heterocycles. The Morgan fingerprint density at radius 2 is 2.09 bits per heavy atom. The van der Waals surface area contributed by atoms with E-state index in [4.69, 9.17) is 13.9 Å².